The minimum Gasteiger partial charge on any atom is -0.324 e. The standard InChI is InChI=1S/C19H24N4O3/c24-18(22-26)7-3-4-14-10-12-23(13-11-14)19(25)21-17-9-8-15-5-1-2-6-16(15)20-17/h1-2,5-6,8-9,14,26H,3-4,7,10-13H2,(H,22,24)(H,20,21,25). The maximum absolute atomic E-state index is 12.4. The highest BCUT2D eigenvalue weighted by molar-refractivity contribution is 5.90. The number of nitrogens with one attached hydrogen (secondary N) is 2. The molecule has 1 aromatic carbocycles. The lowest BCUT2D eigenvalue weighted by Gasteiger charge is -2.32. The zero-order chi connectivity index (χ0) is 18.4. The van der Waals surface area contributed by atoms with E-state index in [0.717, 1.165) is 36.6 Å². The zero-order valence-electron chi connectivity index (χ0n) is 14.6. The molecule has 0 saturated carbocycles. The Morgan fingerprint density at radius 1 is 1.15 bits per heavy atom. The number of rotatable bonds is 5. The van der Waals surface area contributed by atoms with Crippen LogP contribution < -0.4 is 10.8 Å². The van der Waals surface area contributed by atoms with Crippen LogP contribution in [-0.2, 0) is 4.79 Å². The number of amides is 3. The third-order valence-electron chi connectivity index (χ3n) is 4.88. The minimum atomic E-state index is -0.343. The highest BCUT2D eigenvalue weighted by atomic mass is 16.5. The van der Waals surface area contributed by atoms with Gasteiger partial charge in [0.15, 0.2) is 0 Å². The molecule has 1 fully saturated rings. The van der Waals surface area contributed by atoms with Crippen molar-refractivity contribution in [3.05, 3.63) is 36.4 Å². The van der Waals surface area contributed by atoms with E-state index in [1.807, 2.05) is 41.3 Å². The van der Waals surface area contributed by atoms with E-state index >= 15 is 0 Å². The summed E-state index contributed by atoms with van der Waals surface area (Å²) in [4.78, 5) is 29.8. The smallest absolute Gasteiger partial charge is 0.323 e. The monoisotopic (exact) mass is 356 g/mol. The van der Waals surface area contributed by atoms with E-state index in [1.165, 1.54) is 0 Å². The van der Waals surface area contributed by atoms with Crippen molar-refractivity contribution >= 4 is 28.7 Å². The molecule has 3 N–H and O–H groups in total. The topological polar surface area (TPSA) is 94.6 Å². The second kappa shape index (κ2) is 8.62. The molecule has 26 heavy (non-hydrogen) atoms. The molecular formula is C19H24N4O3. The average Bonchev–Trinajstić information content (AvgIpc) is 2.68. The fourth-order valence-corrected chi connectivity index (χ4v) is 3.36. The van der Waals surface area contributed by atoms with Crippen molar-refractivity contribution in [3.8, 4) is 0 Å². The van der Waals surface area contributed by atoms with Crippen molar-refractivity contribution < 1.29 is 14.8 Å². The van der Waals surface area contributed by atoms with Crippen LogP contribution in [-0.4, -0.2) is 40.1 Å². The summed E-state index contributed by atoms with van der Waals surface area (Å²) in [6.45, 7) is 1.41. The number of hydrogen-bond donors (Lipinski definition) is 3. The first kappa shape index (κ1) is 18.1. The van der Waals surface area contributed by atoms with Crippen LogP contribution in [0.1, 0.15) is 32.1 Å². The van der Waals surface area contributed by atoms with Crippen molar-refractivity contribution in [2.45, 2.75) is 32.1 Å². The molecule has 3 amide bonds. The Morgan fingerprint density at radius 3 is 2.69 bits per heavy atom. The van der Waals surface area contributed by atoms with Gasteiger partial charge in [0.25, 0.3) is 0 Å². The molecule has 2 heterocycles. The second-order valence-electron chi connectivity index (χ2n) is 6.68. The number of urea groups is 1. The quantitative estimate of drug-likeness (QED) is 0.566. The first-order valence-electron chi connectivity index (χ1n) is 9.00. The number of pyridine rings is 1. The van der Waals surface area contributed by atoms with Gasteiger partial charge in [-0.15, -0.1) is 0 Å². The summed E-state index contributed by atoms with van der Waals surface area (Å²) in [7, 11) is 0. The third kappa shape index (κ3) is 4.70. The number of aromatic nitrogens is 1. The zero-order valence-corrected chi connectivity index (χ0v) is 14.6. The number of para-hydroxylation sites is 1. The summed E-state index contributed by atoms with van der Waals surface area (Å²) in [5.74, 6) is 0.736. The lowest BCUT2D eigenvalue weighted by molar-refractivity contribution is -0.129. The molecule has 1 aliphatic rings. The van der Waals surface area contributed by atoms with E-state index in [4.69, 9.17) is 5.21 Å². The average molecular weight is 356 g/mol. The number of nitrogens with zero attached hydrogens (tertiary/aromatic N) is 2. The fraction of sp³-hybridized carbons (Fsp3) is 0.421. The van der Waals surface area contributed by atoms with E-state index in [1.54, 1.807) is 5.48 Å². The number of fused-ring (bicyclic) bond motifs is 1. The van der Waals surface area contributed by atoms with Crippen molar-refractivity contribution in [3.63, 3.8) is 0 Å². The summed E-state index contributed by atoms with van der Waals surface area (Å²) in [6.07, 6.45) is 3.89. The Labute approximate surface area is 152 Å². The van der Waals surface area contributed by atoms with Gasteiger partial charge in [0.2, 0.25) is 5.91 Å². The number of anilines is 1. The summed E-state index contributed by atoms with van der Waals surface area (Å²) >= 11 is 0. The molecular weight excluding hydrogens is 332 g/mol. The van der Waals surface area contributed by atoms with Crippen LogP contribution in [0.25, 0.3) is 10.9 Å². The van der Waals surface area contributed by atoms with Gasteiger partial charge in [-0.1, -0.05) is 18.2 Å². The van der Waals surface area contributed by atoms with E-state index in [9.17, 15) is 9.59 Å². The Morgan fingerprint density at radius 2 is 1.92 bits per heavy atom. The molecule has 1 saturated heterocycles. The summed E-state index contributed by atoms with van der Waals surface area (Å²) in [6, 6.07) is 11.5. The minimum absolute atomic E-state index is 0.120. The van der Waals surface area contributed by atoms with Gasteiger partial charge < -0.3 is 4.90 Å². The molecule has 1 aliphatic heterocycles. The molecule has 3 rings (SSSR count). The van der Waals surface area contributed by atoms with E-state index in [0.29, 0.717) is 31.2 Å². The van der Waals surface area contributed by atoms with Crippen LogP contribution in [0.3, 0.4) is 0 Å². The van der Waals surface area contributed by atoms with E-state index < -0.39 is 0 Å². The van der Waals surface area contributed by atoms with Crippen LogP contribution in [0.15, 0.2) is 36.4 Å². The first-order chi connectivity index (χ1) is 12.7. The molecule has 2 aromatic rings. The van der Waals surface area contributed by atoms with Crippen LogP contribution in [0.4, 0.5) is 10.6 Å². The Balaban J connectivity index is 1.46. The van der Waals surface area contributed by atoms with E-state index in [-0.39, 0.29) is 11.9 Å². The van der Waals surface area contributed by atoms with Crippen molar-refractivity contribution in [1.82, 2.24) is 15.4 Å². The number of piperidine rings is 1. The normalized spacial score (nSPS) is 15.0. The Bertz CT molecular complexity index is 772. The van der Waals surface area contributed by atoms with E-state index in [2.05, 4.69) is 10.3 Å². The number of hydrogen-bond acceptors (Lipinski definition) is 4. The number of likely N-dealkylation sites (tertiary alicyclic amines) is 1. The summed E-state index contributed by atoms with van der Waals surface area (Å²) < 4.78 is 0. The lowest BCUT2D eigenvalue weighted by Crippen LogP contribution is -2.41. The number of carbonyl (C=O) groups excluding carboxylic acids is 2. The molecule has 7 nitrogen and oxygen atoms in total. The highest BCUT2D eigenvalue weighted by Crippen LogP contribution is 2.23. The molecule has 0 radical (unpaired) electrons. The van der Waals surface area contributed by atoms with Gasteiger partial charge in [0.05, 0.1) is 5.52 Å². The molecule has 0 unspecified atom stereocenters. The summed E-state index contributed by atoms with van der Waals surface area (Å²) in [5.41, 5.74) is 2.51. The lowest BCUT2D eigenvalue weighted by atomic mass is 9.91. The molecule has 1 aromatic heterocycles. The Hall–Kier alpha value is -2.67. The highest BCUT2D eigenvalue weighted by Gasteiger charge is 2.23. The largest absolute Gasteiger partial charge is 0.324 e. The molecule has 0 aliphatic carbocycles. The van der Waals surface area contributed by atoms with Crippen LogP contribution >= 0.6 is 0 Å². The first-order valence-corrected chi connectivity index (χ1v) is 9.00. The molecule has 7 heteroatoms. The van der Waals surface area contributed by atoms with Gasteiger partial charge in [-0.05, 0) is 49.8 Å². The maximum Gasteiger partial charge on any atom is 0.323 e. The van der Waals surface area contributed by atoms with Crippen LogP contribution in [0.5, 0.6) is 0 Å². The van der Waals surface area contributed by atoms with Gasteiger partial charge in [-0.25, -0.2) is 15.3 Å². The van der Waals surface area contributed by atoms with Gasteiger partial charge in [-0.3, -0.25) is 15.3 Å². The predicted molar refractivity (Wildman–Crippen MR) is 98.8 cm³/mol. The van der Waals surface area contributed by atoms with Crippen LogP contribution in [0.2, 0.25) is 0 Å². The maximum atomic E-state index is 12.4. The third-order valence-corrected chi connectivity index (χ3v) is 4.88. The Kier molecular flexibility index (Phi) is 6.01. The molecule has 138 valence electrons. The molecule has 0 spiro atoms. The predicted octanol–water partition coefficient (Wildman–Crippen LogP) is 3.15. The van der Waals surface area contributed by atoms with Crippen molar-refractivity contribution in [2.24, 2.45) is 5.92 Å². The van der Waals surface area contributed by atoms with Crippen LogP contribution in [0, 0.1) is 5.92 Å². The number of hydroxylamine groups is 1. The molecule has 0 atom stereocenters. The fourth-order valence-electron chi connectivity index (χ4n) is 3.36. The van der Waals surface area contributed by atoms with Gasteiger partial charge >= 0.3 is 6.03 Å². The summed E-state index contributed by atoms with van der Waals surface area (Å²) in [5, 5.41) is 12.4. The van der Waals surface area contributed by atoms with Gasteiger partial charge in [0.1, 0.15) is 5.82 Å². The second-order valence-corrected chi connectivity index (χ2v) is 6.68. The van der Waals surface area contributed by atoms with Crippen molar-refractivity contribution in [1.29, 1.82) is 0 Å². The molecule has 0 bridgehead atoms. The SMILES string of the molecule is O=C(CCCC1CCN(C(=O)Nc2ccc3ccccc3n2)CC1)NO. The number of carbonyl (C=O) groups is 2. The van der Waals surface area contributed by atoms with Gasteiger partial charge in [0, 0.05) is 24.9 Å². The number of benzene rings is 1. The van der Waals surface area contributed by atoms with Crippen molar-refractivity contribution in [2.75, 3.05) is 18.4 Å². The van der Waals surface area contributed by atoms with Gasteiger partial charge in [-0.2, -0.15) is 0 Å².